The van der Waals surface area contributed by atoms with Crippen LogP contribution in [0, 0.1) is 0 Å². The van der Waals surface area contributed by atoms with Gasteiger partial charge in [0.05, 0.1) is 0 Å². The Morgan fingerprint density at radius 1 is 1.21 bits per heavy atom. The maximum Gasteiger partial charge on any atom is 0.231 e. The van der Waals surface area contributed by atoms with Gasteiger partial charge in [0.2, 0.25) is 12.7 Å². The second-order valence-electron chi connectivity index (χ2n) is 7.05. The molecular formula is C21H26N4O3S. The highest BCUT2D eigenvalue weighted by molar-refractivity contribution is 7.10. The summed E-state index contributed by atoms with van der Waals surface area (Å²) in [5.41, 5.74) is 2.47. The number of amides is 1. The van der Waals surface area contributed by atoms with Gasteiger partial charge in [-0.05, 0) is 47.5 Å². The molecule has 0 saturated carbocycles. The van der Waals surface area contributed by atoms with Crippen LogP contribution < -0.4 is 20.1 Å². The van der Waals surface area contributed by atoms with Crippen molar-refractivity contribution in [3.8, 4) is 11.5 Å². The molecule has 3 heterocycles. The van der Waals surface area contributed by atoms with Crippen LogP contribution in [0.25, 0.3) is 0 Å². The molecule has 0 saturated heterocycles. The summed E-state index contributed by atoms with van der Waals surface area (Å²) in [6, 6.07) is 8.12. The van der Waals surface area contributed by atoms with Crippen LogP contribution in [0.4, 0.5) is 0 Å². The number of aliphatic imine (C=N–C) groups is 1. The van der Waals surface area contributed by atoms with Gasteiger partial charge in [0.25, 0.3) is 0 Å². The average Bonchev–Trinajstić information content (AvgIpc) is 3.40. The fraction of sp³-hybridized carbons (Fsp3) is 0.429. The van der Waals surface area contributed by atoms with Crippen LogP contribution in [-0.4, -0.2) is 50.2 Å². The number of hydrogen-bond donors (Lipinski definition) is 2. The van der Waals surface area contributed by atoms with E-state index in [1.165, 1.54) is 16.0 Å². The van der Waals surface area contributed by atoms with Gasteiger partial charge in [-0.25, -0.2) is 0 Å². The number of thiophene rings is 1. The van der Waals surface area contributed by atoms with Gasteiger partial charge in [-0.3, -0.25) is 9.79 Å². The topological polar surface area (TPSA) is 75.2 Å². The Labute approximate surface area is 174 Å². The van der Waals surface area contributed by atoms with Crippen LogP contribution in [0.2, 0.25) is 0 Å². The zero-order chi connectivity index (χ0) is 20.1. The Hall–Kier alpha value is -2.74. The first-order chi connectivity index (χ1) is 14.2. The standard InChI is InChI=1S/C21H26N4O3S/c1-22-21(23-8-4-15-2-3-17-18(12-15)28-14-27-17)24-9-5-20(26)25-10-6-19-16(13-25)7-11-29-19/h2-3,7,11-12H,4-6,8-10,13-14H2,1H3,(H2,22,23,24). The van der Waals surface area contributed by atoms with Gasteiger partial charge >= 0.3 is 0 Å². The molecule has 0 unspecified atom stereocenters. The van der Waals surface area contributed by atoms with Crippen LogP contribution in [0.15, 0.2) is 34.6 Å². The SMILES string of the molecule is CN=C(NCCC(=O)N1CCc2sccc2C1)NCCc1ccc2c(c1)OCO2. The highest BCUT2D eigenvalue weighted by Crippen LogP contribution is 2.32. The van der Waals surface area contributed by atoms with Crippen LogP contribution in [0.1, 0.15) is 22.4 Å². The van der Waals surface area contributed by atoms with E-state index in [4.69, 9.17) is 9.47 Å². The minimum Gasteiger partial charge on any atom is -0.454 e. The molecule has 1 amide bonds. The van der Waals surface area contributed by atoms with Gasteiger partial charge in [-0.2, -0.15) is 0 Å². The molecule has 0 atom stereocenters. The first kappa shape index (κ1) is 19.6. The molecule has 4 rings (SSSR count). The predicted octanol–water partition coefficient (Wildman–Crippen LogP) is 2.16. The number of fused-ring (bicyclic) bond motifs is 2. The summed E-state index contributed by atoms with van der Waals surface area (Å²) >= 11 is 1.79. The molecule has 1 aromatic heterocycles. The van der Waals surface area contributed by atoms with Gasteiger partial charge in [-0.1, -0.05) is 6.07 Å². The minimum absolute atomic E-state index is 0.185. The third-order valence-electron chi connectivity index (χ3n) is 5.16. The molecule has 7 nitrogen and oxygen atoms in total. The zero-order valence-corrected chi connectivity index (χ0v) is 17.4. The van der Waals surface area contributed by atoms with E-state index in [9.17, 15) is 4.79 Å². The number of guanidine groups is 1. The van der Waals surface area contributed by atoms with Crippen molar-refractivity contribution in [1.82, 2.24) is 15.5 Å². The Bertz CT molecular complexity index is 896. The molecule has 1 aromatic carbocycles. The molecule has 2 aromatic rings. The van der Waals surface area contributed by atoms with E-state index >= 15 is 0 Å². The lowest BCUT2D eigenvalue weighted by Crippen LogP contribution is -2.41. The van der Waals surface area contributed by atoms with E-state index in [0.29, 0.717) is 18.9 Å². The Morgan fingerprint density at radius 2 is 2.07 bits per heavy atom. The van der Waals surface area contributed by atoms with Crippen molar-refractivity contribution >= 4 is 23.2 Å². The van der Waals surface area contributed by atoms with Crippen molar-refractivity contribution in [1.29, 1.82) is 0 Å². The average molecular weight is 415 g/mol. The molecule has 0 aliphatic carbocycles. The monoisotopic (exact) mass is 414 g/mol. The quantitative estimate of drug-likeness (QED) is 0.560. The van der Waals surface area contributed by atoms with Gasteiger partial charge in [0, 0.05) is 44.5 Å². The number of rotatable bonds is 6. The van der Waals surface area contributed by atoms with Crippen molar-refractivity contribution in [3.05, 3.63) is 45.6 Å². The summed E-state index contributed by atoms with van der Waals surface area (Å²) in [6.45, 7) is 3.14. The number of carbonyl (C=O) groups excluding carboxylic acids is 1. The Kier molecular flexibility index (Phi) is 6.19. The first-order valence-corrected chi connectivity index (χ1v) is 10.8. The second-order valence-corrected chi connectivity index (χ2v) is 8.05. The lowest BCUT2D eigenvalue weighted by molar-refractivity contribution is -0.131. The van der Waals surface area contributed by atoms with Crippen LogP contribution in [0.3, 0.4) is 0 Å². The van der Waals surface area contributed by atoms with E-state index in [2.05, 4.69) is 27.1 Å². The van der Waals surface area contributed by atoms with Gasteiger partial charge in [-0.15, -0.1) is 11.3 Å². The minimum atomic E-state index is 0.185. The largest absolute Gasteiger partial charge is 0.454 e. The predicted molar refractivity (Wildman–Crippen MR) is 114 cm³/mol. The van der Waals surface area contributed by atoms with E-state index in [0.717, 1.165) is 44.0 Å². The van der Waals surface area contributed by atoms with Crippen molar-refractivity contribution in [3.63, 3.8) is 0 Å². The van der Waals surface area contributed by atoms with Crippen molar-refractivity contribution in [2.24, 2.45) is 4.99 Å². The van der Waals surface area contributed by atoms with E-state index in [-0.39, 0.29) is 12.7 Å². The summed E-state index contributed by atoms with van der Waals surface area (Å²) in [5.74, 6) is 2.49. The summed E-state index contributed by atoms with van der Waals surface area (Å²) in [6.07, 6.45) is 2.27. The molecule has 0 fully saturated rings. The molecule has 29 heavy (non-hydrogen) atoms. The molecule has 0 radical (unpaired) electrons. The Morgan fingerprint density at radius 3 is 2.97 bits per heavy atom. The molecule has 8 heteroatoms. The third-order valence-corrected chi connectivity index (χ3v) is 6.18. The first-order valence-electron chi connectivity index (χ1n) is 9.89. The van der Waals surface area contributed by atoms with E-state index in [1.807, 2.05) is 23.1 Å². The maximum atomic E-state index is 12.5. The molecule has 154 valence electrons. The molecule has 2 aliphatic rings. The highest BCUT2D eigenvalue weighted by Gasteiger charge is 2.21. The summed E-state index contributed by atoms with van der Waals surface area (Å²) < 4.78 is 10.8. The van der Waals surface area contributed by atoms with Gasteiger partial charge < -0.3 is 25.0 Å². The number of hydrogen-bond acceptors (Lipinski definition) is 5. The zero-order valence-electron chi connectivity index (χ0n) is 16.6. The van der Waals surface area contributed by atoms with Crippen molar-refractivity contribution in [2.45, 2.75) is 25.8 Å². The fourth-order valence-corrected chi connectivity index (χ4v) is 4.44. The fourth-order valence-electron chi connectivity index (χ4n) is 3.55. The molecule has 0 bridgehead atoms. The number of nitrogens with zero attached hydrogens (tertiary/aromatic N) is 2. The number of carbonyl (C=O) groups is 1. The molecule has 2 N–H and O–H groups in total. The second kappa shape index (κ2) is 9.17. The number of benzene rings is 1. The third kappa shape index (κ3) is 4.82. The van der Waals surface area contributed by atoms with Crippen LogP contribution in [0.5, 0.6) is 11.5 Å². The lowest BCUT2D eigenvalue weighted by atomic mass is 10.1. The van der Waals surface area contributed by atoms with E-state index in [1.54, 1.807) is 18.4 Å². The van der Waals surface area contributed by atoms with E-state index < -0.39 is 0 Å². The van der Waals surface area contributed by atoms with Gasteiger partial charge in [0.1, 0.15) is 0 Å². The molecular weight excluding hydrogens is 388 g/mol. The van der Waals surface area contributed by atoms with Crippen molar-refractivity contribution < 1.29 is 14.3 Å². The smallest absolute Gasteiger partial charge is 0.231 e. The summed E-state index contributed by atoms with van der Waals surface area (Å²) in [5, 5.41) is 8.63. The summed E-state index contributed by atoms with van der Waals surface area (Å²) in [7, 11) is 1.74. The number of nitrogens with one attached hydrogen (secondary N) is 2. The Balaban J connectivity index is 1.16. The normalized spacial score (nSPS) is 15.2. The van der Waals surface area contributed by atoms with Crippen LogP contribution in [-0.2, 0) is 24.2 Å². The van der Waals surface area contributed by atoms with Gasteiger partial charge in [0.15, 0.2) is 17.5 Å². The van der Waals surface area contributed by atoms with Crippen molar-refractivity contribution in [2.75, 3.05) is 33.5 Å². The highest BCUT2D eigenvalue weighted by atomic mass is 32.1. The van der Waals surface area contributed by atoms with Crippen LogP contribution >= 0.6 is 11.3 Å². The number of ether oxygens (including phenoxy) is 2. The lowest BCUT2D eigenvalue weighted by Gasteiger charge is -2.27. The molecule has 2 aliphatic heterocycles. The maximum absolute atomic E-state index is 12.5. The summed E-state index contributed by atoms with van der Waals surface area (Å²) in [4.78, 5) is 20.1. The molecule has 0 spiro atoms.